The van der Waals surface area contributed by atoms with Crippen LogP contribution in [0.2, 0.25) is 0 Å². The van der Waals surface area contributed by atoms with Crippen LogP contribution in [-0.4, -0.2) is 72.0 Å². The Morgan fingerprint density at radius 1 is 0.953 bits per heavy atom. The lowest BCUT2D eigenvalue weighted by molar-refractivity contribution is 0.00882. The minimum Gasteiger partial charge on any atom is -0.497 e. The summed E-state index contributed by atoms with van der Waals surface area (Å²) in [7, 11) is 0.432. The summed E-state index contributed by atoms with van der Waals surface area (Å²) in [6.07, 6.45) is -0.256. The highest BCUT2D eigenvalue weighted by molar-refractivity contribution is 9.10. The molecule has 1 fully saturated rings. The fourth-order valence-corrected chi connectivity index (χ4v) is 6.73. The number of nitrogens with zero attached hydrogens (tertiary/aromatic N) is 2. The lowest BCUT2D eigenvalue weighted by Gasteiger charge is -2.38. The maximum absolute atomic E-state index is 12.4. The predicted octanol–water partition coefficient (Wildman–Crippen LogP) is 8.27. The van der Waals surface area contributed by atoms with E-state index in [0.29, 0.717) is 36.9 Å². The molecule has 43 heavy (non-hydrogen) atoms. The van der Waals surface area contributed by atoms with Crippen molar-refractivity contribution < 1.29 is 28.3 Å². The van der Waals surface area contributed by atoms with Crippen LogP contribution in [-0.2, 0) is 4.74 Å². The van der Waals surface area contributed by atoms with Gasteiger partial charge in [0.1, 0.15) is 29.5 Å². The van der Waals surface area contributed by atoms with Crippen molar-refractivity contribution in [1.29, 1.82) is 0 Å². The first-order valence-corrected chi connectivity index (χ1v) is 16.2. The molecule has 2 unspecified atom stereocenters. The Morgan fingerprint density at radius 2 is 1.58 bits per heavy atom. The minimum atomic E-state index is -1.18. The average molecular weight is 671 g/mol. The zero-order chi connectivity index (χ0) is 30.7. The van der Waals surface area contributed by atoms with Crippen molar-refractivity contribution in [3.63, 3.8) is 0 Å². The van der Waals surface area contributed by atoms with E-state index in [9.17, 15) is 9.35 Å². The first-order chi connectivity index (χ1) is 20.5. The van der Waals surface area contributed by atoms with Crippen LogP contribution in [0.1, 0.15) is 27.7 Å². The van der Waals surface area contributed by atoms with Gasteiger partial charge in [0.25, 0.3) is 4.88 Å². The van der Waals surface area contributed by atoms with Gasteiger partial charge in [-0.3, -0.25) is 4.90 Å². The number of thiophene rings is 1. The molecule has 2 heterocycles. The van der Waals surface area contributed by atoms with Gasteiger partial charge in [0, 0.05) is 48.3 Å². The van der Waals surface area contributed by atoms with Crippen LogP contribution in [0.3, 0.4) is 0 Å². The van der Waals surface area contributed by atoms with Crippen molar-refractivity contribution in [3.05, 3.63) is 71.2 Å². The molecule has 0 spiro atoms. The summed E-state index contributed by atoms with van der Waals surface area (Å²) >= 11 is 3.49. The van der Waals surface area contributed by atoms with Gasteiger partial charge in [0.15, 0.2) is 10.8 Å². The Balaban J connectivity index is 1.24. The highest BCUT2D eigenvalue weighted by Crippen LogP contribution is 2.52. The second-order valence-electron chi connectivity index (χ2n) is 11.5. The summed E-state index contributed by atoms with van der Waals surface area (Å²) in [5.74, 6) is 2.69. The Bertz CT molecular complexity index is 1560. The first kappa shape index (κ1) is 31.1. The van der Waals surface area contributed by atoms with E-state index in [0.717, 1.165) is 43.8 Å². The smallest absolute Gasteiger partial charge is 0.410 e. The number of halogens is 1. The predicted molar refractivity (Wildman–Crippen MR) is 174 cm³/mol. The molecule has 1 saturated heterocycles. The first-order valence-electron chi connectivity index (χ1n) is 14.3. The van der Waals surface area contributed by atoms with Gasteiger partial charge in [-0.2, -0.15) is 4.55 Å². The van der Waals surface area contributed by atoms with Crippen molar-refractivity contribution in [2.75, 3.05) is 39.9 Å². The zero-order valence-electron chi connectivity index (χ0n) is 25.1. The van der Waals surface area contributed by atoms with E-state index in [-0.39, 0.29) is 12.1 Å². The molecule has 0 aliphatic carbocycles. The minimum absolute atomic E-state index is 0.185. The summed E-state index contributed by atoms with van der Waals surface area (Å²) in [6, 6.07) is 21.2. The standard InChI is InChI=1S/C33H38BrN2O6S/c1-22(35-16-18-36(19-17-35)32(37)42-33(2,3)4)21-40-25-10-12-26(13-11-25)41-30-28-15-14-27(39-5)20-29(28)43(38)31(30)23-6-8-24(34)9-7-23/h6-15,20,22,38H,16-19,21H2,1-5H3/q+1. The Hall–Kier alpha value is -3.31. The second kappa shape index (κ2) is 13.1. The summed E-state index contributed by atoms with van der Waals surface area (Å²) in [5.41, 5.74) is 0.395. The molecule has 1 aliphatic heterocycles. The van der Waals surface area contributed by atoms with E-state index in [2.05, 4.69) is 27.8 Å². The molecule has 2 atom stereocenters. The number of amides is 1. The van der Waals surface area contributed by atoms with Gasteiger partial charge in [-0.1, -0.05) is 15.9 Å². The van der Waals surface area contributed by atoms with E-state index >= 15 is 0 Å². The van der Waals surface area contributed by atoms with E-state index in [1.807, 2.05) is 87.5 Å². The van der Waals surface area contributed by atoms with Crippen molar-refractivity contribution in [1.82, 2.24) is 9.80 Å². The van der Waals surface area contributed by atoms with Crippen molar-refractivity contribution in [3.8, 4) is 33.4 Å². The van der Waals surface area contributed by atoms with Gasteiger partial charge in [0.05, 0.1) is 12.5 Å². The van der Waals surface area contributed by atoms with Gasteiger partial charge in [-0.05, 0) is 88.4 Å². The monoisotopic (exact) mass is 669 g/mol. The molecular formula is C33H38BrN2O6S+. The van der Waals surface area contributed by atoms with Crippen LogP contribution < -0.4 is 14.2 Å². The van der Waals surface area contributed by atoms with E-state index < -0.39 is 16.4 Å². The summed E-state index contributed by atoms with van der Waals surface area (Å²) < 4.78 is 36.6. The second-order valence-corrected chi connectivity index (χ2v) is 13.9. The number of benzene rings is 3. The lowest BCUT2D eigenvalue weighted by Crippen LogP contribution is -2.53. The third-order valence-electron chi connectivity index (χ3n) is 7.27. The molecule has 10 heteroatoms. The third kappa shape index (κ3) is 7.44. The molecule has 228 valence electrons. The number of hydrogen-bond acceptors (Lipinski definition) is 7. The van der Waals surface area contributed by atoms with Crippen molar-refractivity contribution in [2.45, 2.75) is 39.3 Å². The molecule has 1 aromatic heterocycles. The molecule has 0 saturated carbocycles. The topological polar surface area (TPSA) is 80.7 Å². The number of hydrogen-bond donors (Lipinski definition) is 1. The third-order valence-corrected chi connectivity index (χ3v) is 9.36. The fraction of sp³-hybridized carbons (Fsp3) is 0.364. The summed E-state index contributed by atoms with van der Waals surface area (Å²) in [4.78, 5) is 17.2. The summed E-state index contributed by atoms with van der Waals surface area (Å²) in [6.45, 7) is 11.1. The molecular weight excluding hydrogens is 632 g/mol. The number of carbonyl (C=O) groups is 1. The molecule has 1 amide bonds. The zero-order valence-corrected chi connectivity index (χ0v) is 27.5. The molecule has 1 aliphatic rings. The molecule has 3 aromatic carbocycles. The number of piperazine rings is 1. The average Bonchev–Trinajstić information content (AvgIpc) is 3.26. The van der Waals surface area contributed by atoms with E-state index in [4.69, 9.17) is 18.9 Å². The van der Waals surface area contributed by atoms with Crippen LogP contribution in [0.25, 0.3) is 20.5 Å². The largest absolute Gasteiger partial charge is 0.497 e. The SMILES string of the molecule is COc1ccc2c(Oc3ccc(OCC(C)N4CCN(C(=O)OC(C)(C)C)CC4)cc3)c(-c3ccc(Br)cc3)[s+](O)c2c1. The highest BCUT2D eigenvalue weighted by atomic mass is 79.9. The maximum atomic E-state index is 12.4. The Kier molecular flexibility index (Phi) is 9.51. The van der Waals surface area contributed by atoms with Crippen molar-refractivity contribution in [2.24, 2.45) is 0 Å². The van der Waals surface area contributed by atoms with Gasteiger partial charge < -0.3 is 23.8 Å². The summed E-state index contributed by atoms with van der Waals surface area (Å²) in [5, 5.41) is 0.838. The molecule has 0 radical (unpaired) electrons. The number of carbonyl (C=O) groups excluding carboxylic acids is 1. The van der Waals surface area contributed by atoms with Gasteiger partial charge in [0.2, 0.25) is 10.4 Å². The molecule has 4 aromatic rings. The maximum Gasteiger partial charge on any atom is 0.410 e. The van der Waals surface area contributed by atoms with Crippen LogP contribution in [0.4, 0.5) is 4.79 Å². The normalized spacial score (nSPS) is 15.3. The molecule has 1 N–H and O–H groups in total. The number of methoxy groups -OCH3 is 1. The number of rotatable bonds is 8. The molecule has 0 bridgehead atoms. The van der Waals surface area contributed by atoms with Gasteiger partial charge >= 0.3 is 6.09 Å². The number of ether oxygens (including phenoxy) is 4. The highest BCUT2D eigenvalue weighted by Gasteiger charge is 2.31. The van der Waals surface area contributed by atoms with Gasteiger partial charge in [-0.15, -0.1) is 0 Å². The Morgan fingerprint density at radius 3 is 2.21 bits per heavy atom. The molecule has 5 rings (SSSR count). The van der Waals surface area contributed by atoms with Crippen LogP contribution >= 0.6 is 26.7 Å². The van der Waals surface area contributed by atoms with Crippen LogP contribution in [0.5, 0.6) is 23.0 Å². The number of fused-ring (bicyclic) bond motifs is 1. The van der Waals surface area contributed by atoms with E-state index in [1.165, 1.54) is 0 Å². The van der Waals surface area contributed by atoms with Crippen molar-refractivity contribution >= 4 is 42.9 Å². The lowest BCUT2D eigenvalue weighted by atomic mass is 10.1. The van der Waals surface area contributed by atoms with E-state index in [1.54, 1.807) is 12.0 Å². The Labute approximate surface area is 264 Å². The quantitative estimate of drug-likeness (QED) is 0.189. The molecule has 8 nitrogen and oxygen atoms in total. The van der Waals surface area contributed by atoms with Crippen LogP contribution in [0, 0.1) is 0 Å². The van der Waals surface area contributed by atoms with Crippen LogP contribution in [0.15, 0.2) is 71.2 Å². The van der Waals surface area contributed by atoms with Gasteiger partial charge in [-0.25, -0.2) is 4.79 Å². The fourth-order valence-electron chi connectivity index (χ4n) is 4.96.